The van der Waals surface area contributed by atoms with E-state index in [4.69, 9.17) is 11.6 Å². The van der Waals surface area contributed by atoms with Gasteiger partial charge in [0, 0.05) is 9.77 Å². The molecule has 0 saturated carbocycles. The molecule has 3 aromatic rings. The highest BCUT2D eigenvalue weighted by molar-refractivity contribution is 7.98. The number of rotatable bonds is 5. The molecule has 1 aromatic heterocycles. The number of thioether (sulfide) groups is 1. The second kappa shape index (κ2) is 8.17. The summed E-state index contributed by atoms with van der Waals surface area (Å²) in [7, 11) is 0. The van der Waals surface area contributed by atoms with Crippen LogP contribution in [-0.2, 0) is 0 Å². The van der Waals surface area contributed by atoms with Crippen molar-refractivity contribution in [1.29, 1.82) is 0 Å². The zero-order valence-corrected chi connectivity index (χ0v) is 18.9. The molecule has 1 atom stereocenters. The summed E-state index contributed by atoms with van der Waals surface area (Å²) in [4.78, 5) is 3.58. The van der Waals surface area contributed by atoms with Crippen LogP contribution in [0, 0.1) is 0 Å². The summed E-state index contributed by atoms with van der Waals surface area (Å²) < 4.78 is 0. The van der Waals surface area contributed by atoms with E-state index in [1.807, 2.05) is 43.1 Å². The Hall–Kier alpha value is -1.76. The first-order valence-electron chi connectivity index (χ1n) is 9.36. The Morgan fingerprint density at radius 1 is 1.03 bits per heavy atom. The van der Waals surface area contributed by atoms with E-state index < -0.39 is 5.60 Å². The summed E-state index contributed by atoms with van der Waals surface area (Å²) in [5.74, 6) is 0. The summed E-state index contributed by atoms with van der Waals surface area (Å²) in [6.07, 6.45) is 4.16. The molecule has 0 fully saturated rings. The first kappa shape index (κ1) is 20.5. The van der Waals surface area contributed by atoms with Crippen molar-refractivity contribution in [2.24, 2.45) is 0 Å². The lowest BCUT2D eigenvalue weighted by Crippen LogP contribution is -2.48. The van der Waals surface area contributed by atoms with E-state index in [1.54, 1.807) is 23.1 Å². The second-order valence-corrected chi connectivity index (χ2v) is 9.86. The molecule has 1 unspecified atom stereocenters. The van der Waals surface area contributed by atoms with E-state index in [9.17, 15) is 5.11 Å². The largest absolute Gasteiger partial charge is 0.388 e. The van der Waals surface area contributed by atoms with E-state index in [0.717, 1.165) is 16.3 Å². The highest BCUT2D eigenvalue weighted by atomic mass is 35.5. The van der Waals surface area contributed by atoms with Gasteiger partial charge in [0.2, 0.25) is 0 Å². The van der Waals surface area contributed by atoms with E-state index >= 15 is 0 Å². The Morgan fingerprint density at radius 3 is 2.38 bits per heavy atom. The van der Waals surface area contributed by atoms with Gasteiger partial charge in [-0.15, -0.1) is 23.1 Å². The topological polar surface area (TPSA) is 35.5 Å². The Kier molecular flexibility index (Phi) is 5.78. The normalized spacial score (nSPS) is 16.9. The van der Waals surface area contributed by atoms with Gasteiger partial charge >= 0.3 is 0 Å². The van der Waals surface area contributed by atoms with Crippen LogP contribution < -0.4 is 10.4 Å². The van der Waals surface area contributed by atoms with Gasteiger partial charge in [-0.3, -0.25) is 5.01 Å². The summed E-state index contributed by atoms with van der Waals surface area (Å²) in [6, 6.07) is 20.4. The number of para-hydroxylation sites is 1. The van der Waals surface area contributed by atoms with Crippen LogP contribution in [-0.4, -0.2) is 23.0 Å². The van der Waals surface area contributed by atoms with Crippen molar-refractivity contribution in [3.63, 3.8) is 0 Å². The summed E-state index contributed by atoms with van der Waals surface area (Å²) >= 11 is 9.95. The number of hydrazine groups is 1. The molecule has 2 aromatic carbocycles. The molecule has 4 rings (SSSR count). The van der Waals surface area contributed by atoms with Crippen LogP contribution in [0.25, 0.3) is 16.1 Å². The SMILES string of the molecule is CSc1ccc(-c2ccc(C3=CC(C(C)(C)O)NN3c3ccccc3Cl)s2)cc1. The summed E-state index contributed by atoms with van der Waals surface area (Å²) in [6.45, 7) is 3.62. The van der Waals surface area contributed by atoms with Crippen LogP contribution in [0.15, 0.2) is 71.6 Å². The molecular weight excluding hydrogens is 420 g/mol. The molecule has 3 nitrogen and oxygen atoms in total. The molecule has 0 amide bonds. The number of thiophene rings is 1. The summed E-state index contributed by atoms with van der Waals surface area (Å²) in [5.41, 5.74) is 5.58. The molecule has 0 bridgehead atoms. The molecule has 150 valence electrons. The monoisotopic (exact) mass is 442 g/mol. The molecule has 0 radical (unpaired) electrons. The van der Waals surface area contributed by atoms with Crippen molar-refractivity contribution in [2.75, 3.05) is 11.3 Å². The van der Waals surface area contributed by atoms with Gasteiger partial charge in [0.25, 0.3) is 0 Å². The first-order chi connectivity index (χ1) is 13.9. The molecule has 0 saturated heterocycles. The fraction of sp³-hybridized carbons (Fsp3) is 0.217. The third-order valence-corrected chi connectivity index (χ3v) is 7.14. The number of aliphatic hydroxyl groups is 1. The number of anilines is 1. The maximum Gasteiger partial charge on any atom is 0.0798 e. The van der Waals surface area contributed by atoms with Crippen LogP contribution in [0.2, 0.25) is 5.02 Å². The van der Waals surface area contributed by atoms with Gasteiger partial charge < -0.3 is 5.11 Å². The number of nitrogens with zero attached hydrogens (tertiary/aromatic N) is 1. The van der Waals surface area contributed by atoms with Gasteiger partial charge in [-0.1, -0.05) is 35.9 Å². The smallest absolute Gasteiger partial charge is 0.0798 e. The van der Waals surface area contributed by atoms with Crippen molar-refractivity contribution in [1.82, 2.24) is 5.43 Å². The predicted octanol–water partition coefficient (Wildman–Crippen LogP) is 6.30. The molecule has 29 heavy (non-hydrogen) atoms. The Labute approximate surface area is 185 Å². The molecule has 2 N–H and O–H groups in total. The van der Waals surface area contributed by atoms with Gasteiger partial charge in [-0.25, -0.2) is 5.43 Å². The van der Waals surface area contributed by atoms with Crippen molar-refractivity contribution < 1.29 is 5.11 Å². The fourth-order valence-corrected chi connectivity index (χ4v) is 4.91. The van der Waals surface area contributed by atoms with Gasteiger partial charge in [-0.05, 0) is 68.1 Å². The van der Waals surface area contributed by atoms with Crippen molar-refractivity contribution in [3.05, 3.63) is 76.6 Å². The Morgan fingerprint density at radius 2 is 1.72 bits per heavy atom. The minimum atomic E-state index is -0.908. The minimum Gasteiger partial charge on any atom is -0.388 e. The first-order valence-corrected chi connectivity index (χ1v) is 11.8. The quantitative estimate of drug-likeness (QED) is 0.455. The highest BCUT2D eigenvalue weighted by Crippen LogP contribution is 2.40. The minimum absolute atomic E-state index is 0.222. The lowest BCUT2D eigenvalue weighted by molar-refractivity contribution is 0.0573. The average Bonchev–Trinajstić information content (AvgIpc) is 3.35. The van der Waals surface area contributed by atoms with Crippen LogP contribution >= 0.6 is 34.7 Å². The Bertz CT molecular complexity index is 1040. The number of hydrogen-bond donors (Lipinski definition) is 2. The number of nitrogens with one attached hydrogen (secondary N) is 1. The van der Waals surface area contributed by atoms with Crippen LogP contribution in [0.4, 0.5) is 5.69 Å². The fourth-order valence-electron chi connectivity index (χ4n) is 3.25. The van der Waals surface area contributed by atoms with E-state index in [0.29, 0.717) is 5.02 Å². The predicted molar refractivity (Wildman–Crippen MR) is 127 cm³/mol. The number of halogens is 1. The van der Waals surface area contributed by atoms with Gasteiger partial charge in [0.05, 0.1) is 32.9 Å². The summed E-state index contributed by atoms with van der Waals surface area (Å²) in [5, 5.41) is 13.2. The Balaban J connectivity index is 1.72. The zero-order chi connectivity index (χ0) is 20.6. The molecule has 2 heterocycles. The van der Waals surface area contributed by atoms with Gasteiger partial charge in [0.15, 0.2) is 0 Å². The average molecular weight is 443 g/mol. The van der Waals surface area contributed by atoms with Crippen molar-refractivity contribution in [3.8, 4) is 10.4 Å². The molecule has 1 aliphatic heterocycles. The third kappa shape index (κ3) is 4.25. The highest BCUT2D eigenvalue weighted by Gasteiger charge is 2.35. The van der Waals surface area contributed by atoms with Crippen molar-refractivity contribution in [2.45, 2.75) is 30.4 Å². The van der Waals surface area contributed by atoms with Gasteiger partial charge in [0.1, 0.15) is 0 Å². The van der Waals surface area contributed by atoms with Crippen molar-refractivity contribution >= 4 is 46.1 Å². The number of benzene rings is 2. The van der Waals surface area contributed by atoms with E-state index in [2.05, 4.69) is 54.2 Å². The van der Waals surface area contributed by atoms with E-state index in [1.165, 1.54) is 15.3 Å². The second-order valence-electron chi connectivity index (χ2n) is 7.49. The molecule has 6 heteroatoms. The van der Waals surface area contributed by atoms with Crippen LogP contribution in [0.3, 0.4) is 0 Å². The van der Waals surface area contributed by atoms with Gasteiger partial charge in [-0.2, -0.15) is 0 Å². The maximum atomic E-state index is 10.6. The standard InChI is InChI=1S/C23H23ClN2OS2/c1-23(2,27)22-14-19(26(25-22)18-7-5-4-6-17(18)24)21-13-12-20(29-21)15-8-10-16(28-3)11-9-15/h4-14,22,25,27H,1-3H3. The molecular formula is C23H23ClN2OS2. The lowest BCUT2D eigenvalue weighted by Gasteiger charge is -2.29. The van der Waals surface area contributed by atoms with Crippen LogP contribution in [0.5, 0.6) is 0 Å². The zero-order valence-electron chi connectivity index (χ0n) is 16.5. The lowest BCUT2D eigenvalue weighted by atomic mass is 9.99. The third-order valence-electron chi connectivity index (χ3n) is 4.92. The van der Waals surface area contributed by atoms with Crippen LogP contribution in [0.1, 0.15) is 18.7 Å². The molecule has 1 aliphatic rings. The maximum absolute atomic E-state index is 10.6. The molecule has 0 spiro atoms. The number of hydrogen-bond acceptors (Lipinski definition) is 5. The molecule has 0 aliphatic carbocycles. The van der Waals surface area contributed by atoms with E-state index in [-0.39, 0.29) is 6.04 Å².